The number of carbonyl (C=O) groups is 1. The molecule has 1 aromatic heterocycles. The number of rotatable bonds is 6. The number of aryl methyl sites for hydroxylation is 1. The summed E-state index contributed by atoms with van der Waals surface area (Å²) >= 11 is 0. The van der Waals surface area contributed by atoms with Crippen LogP contribution in [0.4, 0.5) is 4.39 Å². The minimum atomic E-state index is -0.806. The maximum Gasteiger partial charge on any atom is 0.258 e. The smallest absolute Gasteiger partial charge is 0.258 e. The Morgan fingerprint density at radius 2 is 2.00 bits per heavy atom. The number of nitrogens with zero attached hydrogens (tertiary/aromatic N) is 1. The molecule has 130 valence electrons. The van der Waals surface area contributed by atoms with Crippen molar-refractivity contribution < 1.29 is 19.0 Å². The van der Waals surface area contributed by atoms with Crippen LogP contribution in [-0.2, 0) is 11.8 Å². The predicted octanol–water partition coefficient (Wildman–Crippen LogP) is 2.55. The molecule has 1 atom stereocenters. The van der Waals surface area contributed by atoms with Crippen molar-refractivity contribution >= 4 is 16.8 Å². The van der Waals surface area contributed by atoms with E-state index in [1.807, 2.05) is 42.1 Å². The van der Waals surface area contributed by atoms with Crippen LogP contribution in [0.3, 0.4) is 0 Å². The summed E-state index contributed by atoms with van der Waals surface area (Å²) in [5.41, 5.74) is 1.81. The van der Waals surface area contributed by atoms with Crippen LogP contribution in [0, 0.1) is 5.82 Å². The first-order chi connectivity index (χ1) is 12.0. The average Bonchev–Trinajstić information content (AvgIpc) is 2.99. The zero-order chi connectivity index (χ0) is 17.8. The van der Waals surface area contributed by atoms with E-state index >= 15 is 0 Å². The first-order valence-corrected chi connectivity index (χ1v) is 7.91. The summed E-state index contributed by atoms with van der Waals surface area (Å²) in [5.74, 6) is -0.314. The van der Waals surface area contributed by atoms with Crippen molar-refractivity contribution in [3.8, 4) is 5.75 Å². The van der Waals surface area contributed by atoms with Crippen LogP contribution in [0.15, 0.2) is 54.7 Å². The van der Waals surface area contributed by atoms with Crippen molar-refractivity contribution in [1.82, 2.24) is 9.88 Å². The van der Waals surface area contributed by atoms with E-state index in [4.69, 9.17) is 4.74 Å². The number of ether oxygens (including phenoxy) is 1. The molecule has 0 aliphatic rings. The fourth-order valence-corrected chi connectivity index (χ4v) is 2.57. The normalized spacial score (nSPS) is 12.1. The maximum atomic E-state index is 12.8. The Kier molecular flexibility index (Phi) is 5.00. The molecule has 0 radical (unpaired) electrons. The molecule has 3 rings (SSSR count). The maximum absolute atomic E-state index is 12.8. The van der Waals surface area contributed by atoms with Gasteiger partial charge in [0.25, 0.3) is 5.91 Å². The van der Waals surface area contributed by atoms with Gasteiger partial charge >= 0.3 is 0 Å². The number of halogens is 1. The molecule has 0 aliphatic carbocycles. The van der Waals surface area contributed by atoms with Crippen LogP contribution in [0.2, 0.25) is 0 Å². The van der Waals surface area contributed by atoms with E-state index in [0.717, 1.165) is 16.5 Å². The monoisotopic (exact) mass is 342 g/mol. The number of aliphatic hydroxyl groups excluding tert-OH is 1. The van der Waals surface area contributed by atoms with Gasteiger partial charge in [-0.1, -0.05) is 6.07 Å². The van der Waals surface area contributed by atoms with Crippen molar-refractivity contribution in [3.63, 3.8) is 0 Å². The molecule has 5 nitrogen and oxygen atoms in total. The molecule has 0 saturated carbocycles. The van der Waals surface area contributed by atoms with Gasteiger partial charge in [0.2, 0.25) is 0 Å². The van der Waals surface area contributed by atoms with E-state index in [1.165, 1.54) is 24.3 Å². The summed E-state index contributed by atoms with van der Waals surface area (Å²) in [7, 11) is 1.96. The second-order valence-corrected chi connectivity index (χ2v) is 5.81. The topological polar surface area (TPSA) is 63.5 Å². The number of hydrogen-bond donors (Lipinski definition) is 2. The molecular formula is C19H19FN2O3. The van der Waals surface area contributed by atoms with Crippen LogP contribution in [0.25, 0.3) is 10.9 Å². The highest BCUT2D eigenvalue weighted by molar-refractivity contribution is 5.81. The van der Waals surface area contributed by atoms with Crippen LogP contribution in [0.1, 0.15) is 11.7 Å². The van der Waals surface area contributed by atoms with Gasteiger partial charge in [-0.3, -0.25) is 4.79 Å². The summed E-state index contributed by atoms with van der Waals surface area (Å²) in [6.45, 7) is -0.111. The first kappa shape index (κ1) is 17.0. The predicted molar refractivity (Wildman–Crippen MR) is 92.8 cm³/mol. The van der Waals surface area contributed by atoms with Gasteiger partial charge in [-0.15, -0.1) is 0 Å². The summed E-state index contributed by atoms with van der Waals surface area (Å²) in [6.07, 6.45) is 1.15. The SMILES string of the molecule is Cn1ccc2cc(C(O)CNC(=O)COc3ccc(F)cc3)ccc21. The quantitative estimate of drug-likeness (QED) is 0.724. The fourth-order valence-electron chi connectivity index (χ4n) is 2.57. The summed E-state index contributed by atoms with van der Waals surface area (Å²) < 4.78 is 20.0. The van der Waals surface area contributed by atoms with Crippen molar-refractivity contribution in [2.24, 2.45) is 7.05 Å². The van der Waals surface area contributed by atoms with Gasteiger partial charge < -0.3 is 19.7 Å². The standard InChI is InChI=1S/C19H19FN2O3/c1-22-9-8-13-10-14(2-7-17(13)22)18(23)11-21-19(24)12-25-16-5-3-15(20)4-6-16/h2-10,18,23H,11-12H2,1H3,(H,21,24). The van der Waals surface area contributed by atoms with Crippen LogP contribution >= 0.6 is 0 Å². The fraction of sp³-hybridized carbons (Fsp3) is 0.211. The van der Waals surface area contributed by atoms with Gasteiger partial charge in [0.1, 0.15) is 11.6 Å². The van der Waals surface area contributed by atoms with Crippen molar-refractivity contribution in [2.45, 2.75) is 6.10 Å². The summed E-state index contributed by atoms with van der Waals surface area (Å²) in [6, 6.07) is 13.1. The highest BCUT2D eigenvalue weighted by atomic mass is 19.1. The summed E-state index contributed by atoms with van der Waals surface area (Å²) in [5, 5.41) is 13.9. The van der Waals surface area contributed by atoms with Crippen molar-refractivity contribution in [3.05, 3.63) is 66.1 Å². The Labute approximate surface area is 144 Å². The Morgan fingerprint density at radius 1 is 1.24 bits per heavy atom. The lowest BCUT2D eigenvalue weighted by Crippen LogP contribution is -2.32. The number of aromatic nitrogens is 1. The minimum absolute atomic E-state index is 0.0873. The number of aliphatic hydroxyl groups is 1. The third kappa shape index (κ3) is 4.16. The van der Waals surface area contributed by atoms with E-state index in [2.05, 4.69) is 5.32 Å². The Hall–Kier alpha value is -2.86. The molecule has 0 fully saturated rings. The number of carbonyl (C=O) groups excluding carboxylic acids is 1. The van der Waals surface area contributed by atoms with E-state index in [1.54, 1.807) is 0 Å². The Morgan fingerprint density at radius 3 is 2.76 bits per heavy atom. The molecule has 0 aliphatic heterocycles. The van der Waals surface area contributed by atoms with E-state index in [0.29, 0.717) is 5.75 Å². The third-order valence-electron chi connectivity index (χ3n) is 3.97. The van der Waals surface area contributed by atoms with Crippen LogP contribution in [-0.4, -0.2) is 28.7 Å². The van der Waals surface area contributed by atoms with Crippen LogP contribution < -0.4 is 10.1 Å². The van der Waals surface area contributed by atoms with E-state index in [9.17, 15) is 14.3 Å². The Bertz CT molecular complexity index is 874. The summed E-state index contributed by atoms with van der Waals surface area (Å²) in [4.78, 5) is 11.8. The van der Waals surface area contributed by atoms with Crippen molar-refractivity contribution in [1.29, 1.82) is 0 Å². The van der Waals surface area contributed by atoms with Crippen molar-refractivity contribution in [2.75, 3.05) is 13.2 Å². The highest BCUT2D eigenvalue weighted by Crippen LogP contribution is 2.20. The lowest BCUT2D eigenvalue weighted by Gasteiger charge is -2.13. The lowest BCUT2D eigenvalue weighted by molar-refractivity contribution is -0.123. The molecule has 0 bridgehead atoms. The molecule has 25 heavy (non-hydrogen) atoms. The lowest BCUT2D eigenvalue weighted by atomic mass is 10.1. The second kappa shape index (κ2) is 7.36. The van der Waals surface area contributed by atoms with Gasteiger partial charge in [0.05, 0.1) is 6.10 Å². The highest BCUT2D eigenvalue weighted by Gasteiger charge is 2.11. The molecule has 3 aromatic rings. The zero-order valence-electron chi connectivity index (χ0n) is 13.8. The number of benzene rings is 2. The van der Waals surface area contributed by atoms with Crippen LogP contribution in [0.5, 0.6) is 5.75 Å². The molecule has 6 heteroatoms. The largest absolute Gasteiger partial charge is 0.484 e. The van der Waals surface area contributed by atoms with Gasteiger partial charge in [0.15, 0.2) is 6.61 Å². The number of nitrogens with one attached hydrogen (secondary N) is 1. The zero-order valence-corrected chi connectivity index (χ0v) is 13.8. The number of amides is 1. The molecular weight excluding hydrogens is 323 g/mol. The molecule has 2 N–H and O–H groups in total. The molecule has 2 aromatic carbocycles. The number of fused-ring (bicyclic) bond motifs is 1. The van der Waals surface area contributed by atoms with E-state index < -0.39 is 6.10 Å². The molecule has 1 unspecified atom stereocenters. The Balaban J connectivity index is 1.51. The van der Waals surface area contributed by atoms with Gasteiger partial charge in [0, 0.05) is 25.3 Å². The second-order valence-electron chi connectivity index (χ2n) is 5.81. The molecule has 0 spiro atoms. The van der Waals surface area contributed by atoms with Gasteiger partial charge in [-0.25, -0.2) is 4.39 Å². The van der Waals surface area contributed by atoms with E-state index in [-0.39, 0.29) is 24.9 Å². The average molecular weight is 342 g/mol. The van der Waals surface area contributed by atoms with Gasteiger partial charge in [-0.05, 0) is 53.4 Å². The third-order valence-corrected chi connectivity index (χ3v) is 3.97. The molecule has 1 heterocycles. The first-order valence-electron chi connectivity index (χ1n) is 7.91. The molecule has 0 saturated heterocycles. The number of hydrogen-bond acceptors (Lipinski definition) is 3. The minimum Gasteiger partial charge on any atom is -0.484 e. The van der Waals surface area contributed by atoms with Gasteiger partial charge in [-0.2, -0.15) is 0 Å². The molecule has 1 amide bonds.